The van der Waals surface area contributed by atoms with Crippen molar-refractivity contribution in [3.05, 3.63) is 53.2 Å². The second kappa shape index (κ2) is 3.95. The second-order valence-electron chi connectivity index (χ2n) is 3.02. The lowest BCUT2D eigenvalue weighted by Gasteiger charge is -2.01. The fourth-order valence-corrected chi connectivity index (χ4v) is 1.42. The first kappa shape index (κ1) is 10.1. The van der Waals surface area contributed by atoms with E-state index < -0.39 is 11.6 Å². The molecule has 1 aromatic heterocycles. The van der Waals surface area contributed by atoms with E-state index in [0.717, 1.165) is 6.07 Å². The molecular weight excluding hydrogens is 220 g/mol. The maximum absolute atomic E-state index is 12.9. The Morgan fingerprint density at radius 3 is 2.27 bits per heavy atom. The molecule has 0 amide bonds. The van der Waals surface area contributed by atoms with Gasteiger partial charge in [0.05, 0.1) is 5.69 Å². The SMILES string of the molecule is Fc1cc(F)cc(-c2cc(Cl)ccn2)c1. The summed E-state index contributed by atoms with van der Waals surface area (Å²) < 4.78 is 25.8. The molecule has 0 spiro atoms. The first-order chi connectivity index (χ1) is 7.15. The Morgan fingerprint density at radius 1 is 1.00 bits per heavy atom. The van der Waals surface area contributed by atoms with Gasteiger partial charge >= 0.3 is 0 Å². The summed E-state index contributed by atoms with van der Waals surface area (Å²) in [7, 11) is 0. The molecule has 0 N–H and O–H groups in total. The van der Waals surface area contributed by atoms with Crippen LogP contribution in [-0.2, 0) is 0 Å². The standard InChI is InChI=1S/C11H6ClF2N/c12-8-1-2-15-11(5-8)7-3-9(13)6-10(14)4-7/h1-6H. The minimum absolute atomic E-state index is 0.370. The van der Waals surface area contributed by atoms with Gasteiger partial charge in [-0.25, -0.2) is 8.78 Å². The van der Waals surface area contributed by atoms with Crippen molar-refractivity contribution in [1.29, 1.82) is 0 Å². The molecule has 4 heteroatoms. The van der Waals surface area contributed by atoms with Crippen molar-refractivity contribution in [3.63, 3.8) is 0 Å². The highest BCUT2D eigenvalue weighted by Crippen LogP contribution is 2.21. The van der Waals surface area contributed by atoms with Gasteiger partial charge in [-0.05, 0) is 24.3 Å². The van der Waals surface area contributed by atoms with Crippen LogP contribution in [0.25, 0.3) is 11.3 Å². The zero-order chi connectivity index (χ0) is 10.8. The average Bonchev–Trinajstić information content (AvgIpc) is 2.16. The molecule has 1 aromatic carbocycles. The Balaban J connectivity index is 2.54. The third-order valence-electron chi connectivity index (χ3n) is 1.88. The smallest absolute Gasteiger partial charge is 0.126 e. The highest BCUT2D eigenvalue weighted by Gasteiger charge is 2.04. The molecule has 0 saturated heterocycles. The molecular formula is C11H6ClF2N. The molecule has 0 unspecified atom stereocenters. The summed E-state index contributed by atoms with van der Waals surface area (Å²) in [6, 6.07) is 6.38. The number of hydrogen-bond donors (Lipinski definition) is 0. The number of nitrogens with zero attached hydrogens (tertiary/aromatic N) is 1. The molecule has 2 aromatic rings. The number of hydrogen-bond acceptors (Lipinski definition) is 1. The van der Waals surface area contributed by atoms with Crippen LogP contribution >= 0.6 is 11.6 Å². The van der Waals surface area contributed by atoms with Gasteiger partial charge in [-0.15, -0.1) is 0 Å². The van der Waals surface area contributed by atoms with Crippen molar-refractivity contribution in [3.8, 4) is 11.3 Å². The fraction of sp³-hybridized carbons (Fsp3) is 0. The number of rotatable bonds is 1. The van der Waals surface area contributed by atoms with Gasteiger partial charge in [0.25, 0.3) is 0 Å². The van der Waals surface area contributed by atoms with Crippen LogP contribution in [0.2, 0.25) is 5.02 Å². The van der Waals surface area contributed by atoms with Gasteiger partial charge in [-0.3, -0.25) is 4.98 Å². The molecule has 0 fully saturated rings. The summed E-state index contributed by atoms with van der Waals surface area (Å²) in [5, 5.41) is 0.477. The number of benzene rings is 1. The molecule has 0 saturated carbocycles. The number of aromatic nitrogens is 1. The van der Waals surface area contributed by atoms with Crippen LogP contribution in [-0.4, -0.2) is 4.98 Å². The number of pyridine rings is 1. The van der Waals surface area contributed by atoms with Crippen LogP contribution in [0.4, 0.5) is 8.78 Å². The maximum atomic E-state index is 12.9. The molecule has 76 valence electrons. The third-order valence-corrected chi connectivity index (χ3v) is 2.12. The van der Waals surface area contributed by atoms with Gasteiger partial charge in [0.1, 0.15) is 11.6 Å². The molecule has 2 rings (SSSR count). The van der Waals surface area contributed by atoms with E-state index in [2.05, 4.69) is 4.98 Å². The first-order valence-electron chi connectivity index (χ1n) is 4.23. The minimum Gasteiger partial charge on any atom is -0.256 e. The third kappa shape index (κ3) is 2.30. The Bertz CT molecular complexity index is 479. The summed E-state index contributed by atoms with van der Waals surface area (Å²) in [6.07, 6.45) is 1.49. The van der Waals surface area contributed by atoms with E-state index in [1.807, 2.05) is 0 Å². The lowest BCUT2D eigenvalue weighted by atomic mass is 10.1. The normalized spacial score (nSPS) is 10.3. The average molecular weight is 226 g/mol. The van der Waals surface area contributed by atoms with Crippen molar-refractivity contribution in [1.82, 2.24) is 4.98 Å². The summed E-state index contributed by atoms with van der Waals surface area (Å²) >= 11 is 5.75. The molecule has 0 aliphatic carbocycles. The van der Waals surface area contributed by atoms with Crippen LogP contribution in [0.3, 0.4) is 0 Å². The summed E-state index contributed by atoms with van der Waals surface area (Å²) in [4.78, 5) is 3.97. The van der Waals surface area contributed by atoms with Gasteiger partial charge in [0.2, 0.25) is 0 Å². The zero-order valence-electron chi connectivity index (χ0n) is 7.55. The highest BCUT2D eigenvalue weighted by atomic mass is 35.5. The van der Waals surface area contributed by atoms with Crippen molar-refractivity contribution in [2.75, 3.05) is 0 Å². The van der Waals surface area contributed by atoms with Crippen molar-refractivity contribution in [2.45, 2.75) is 0 Å². The number of halogens is 3. The Labute approximate surface area is 90.3 Å². The quantitative estimate of drug-likeness (QED) is 0.722. The molecule has 0 aliphatic heterocycles. The molecule has 15 heavy (non-hydrogen) atoms. The summed E-state index contributed by atoms with van der Waals surface area (Å²) in [6.45, 7) is 0. The van der Waals surface area contributed by atoms with Crippen LogP contribution in [0.5, 0.6) is 0 Å². The fourth-order valence-electron chi connectivity index (χ4n) is 1.26. The molecule has 0 atom stereocenters. The molecule has 1 nitrogen and oxygen atoms in total. The summed E-state index contributed by atoms with van der Waals surface area (Å²) in [5.41, 5.74) is 0.816. The van der Waals surface area contributed by atoms with Crippen molar-refractivity contribution in [2.24, 2.45) is 0 Å². The monoisotopic (exact) mass is 225 g/mol. The zero-order valence-corrected chi connectivity index (χ0v) is 8.30. The minimum atomic E-state index is -0.633. The highest BCUT2D eigenvalue weighted by molar-refractivity contribution is 6.30. The van der Waals surface area contributed by atoms with Gasteiger partial charge in [0, 0.05) is 22.8 Å². The van der Waals surface area contributed by atoms with Crippen LogP contribution in [0.1, 0.15) is 0 Å². The van der Waals surface area contributed by atoms with Crippen LogP contribution in [0, 0.1) is 11.6 Å². The molecule has 0 radical (unpaired) electrons. The largest absolute Gasteiger partial charge is 0.256 e. The van der Waals surface area contributed by atoms with Crippen molar-refractivity contribution >= 4 is 11.6 Å². The summed E-state index contributed by atoms with van der Waals surface area (Å²) in [5.74, 6) is -1.27. The van der Waals surface area contributed by atoms with E-state index in [-0.39, 0.29) is 0 Å². The first-order valence-corrected chi connectivity index (χ1v) is 4.61. The van der Waals surface area contributed by atoms with Crippen LogP contribution in [0.15, 0.2) is 36.5 Å². The van der Waals surface area contributed by atoms with Gasteiger partial charge in [-0.2, -0.15) is 0 Å². The van der Waals surface area contributed by atoms with E-state index >= 15 is 0 Å². The van der Waals surface area contributed by atoms with Gasteiger partial charge in [-0.1, -0.05) is 11.6 Å². The van der Waals surface area contributed by atoms with Gasteiger partial charge < -0.3 is 0 Å². The Hall–Kier alpha value is -1.48. The molecule has 0 aliphatic rings. The maximum Gasteiger partial charge on any atom is 0.126 e. The van der Waals surface area contributed by atoms with Crippen LogP contribution < -0.4 is 0 Å². The van der Waals surface area contributed by atoms with E-state index in [1.165, 1.54) is 18.3 Å². The Morgan fingerprint density at radius 2 is 1.67 bits per heavy atom. The van der Waals surface area contributed by atoms with E-state index in [4.69, 9.17) is 11.6 Å². The second-order valence-corrected chi connectivity index (χ2v) is 3.45. The predicted octanol–water partition coefficient (Wildman–Crippen LogP) is 3.68. The van der Waals surface area contributed by atoms with Gasteiger partial charge in [0.15, 0.2) is 0 Å². The van der Waals surface area contributed by atoms with E-state index in [1.54, 1.807) is 12.1 Å². The lowest BCUT2D eigenvalue weighted by Crippen LogP contribution is -1.86. The topological polar surface area (TPSA) is 12.9 Å². The predicted molar refractivity (Wildman–Crippen MR) is 54.6 cm³/mol. The molecule has 1 heterocycles. The van der Waals surface area contributed by atoms with E-state index in [0.29, 0.717) is 16.3 Å². The Kier molecular flexibility index (Phi) is 2.64. The molecule has 0 bridgehead atoms. The lowest BCUT2D eigenvalue weighted by molar-refractivity contribution is 0.584. The van der Waals surface area contributed by atoms with Crippen molar-refractivity contribution < 1.29 is 8.78 Å². The van der Waals surface area contributed by atoms with E-state index in [9.17, 15) is 8.78 Å².